The van der Waals surface area contributed by atoms with Crippen molar-refractivity contribution < 1.29 is 14.3 Å². The second-order valence-corrected chi connectivity index (χ2v) is 9.13. The summed E-state index contributed by atoms with van der Waals surface area (Å²) in [6.07, 6.45) is 2.22. The molecule has 0 aliphatic carbocycles. The first-order valence-electron chi connectivity index (χ1n) is 12.2. The number of aromatic nitrogens is 4. The molecule has 6 rings (SSSR count). The first-order chi connectivity index (χ1) is 18.5. The van der Waals surface area contributed by atoms with Crippen molar-refractivity contribution in [3.05, 3.63) is 77.0 Å². The van der Waals surface area contributed by atoms with Crippen molar-refractivity contribution in [1.29, 1.82) is 0 Å². The van der Waals surface area contributed by atoms with Gasteiger partial charge in [0.05, 0.1) is 30.8 Å². The number of ether oxygens (including phenoxy) is 2. The van der Waals surface area contributed by atoms with Crippen molar-refractivity contribution in [2.24, 2.45) is 7.05 Å². The lowest BCUT2D eigenvalue weighted by Crippen LogP contribution is -2.35. The van der Waals surface area contributed by atoms with E-state index in [1.54, 1.807) is 30.7 Å². The van der Waals surface area contributed by atoms with Gasteiger partial charge in [-0.05, 0) is 48.4 Å². The minimum atomic E-state index is -0.204. The normalized spacial score (nSPS) is 12.7. The van der Waals surface area contributed by atoms with E-state index in [0.717, 1.165) is 45.3 Å². The molecule has 1 N–H and O–H groups in total. The minimum Gasteiger partial charge on any atom is -0.493 e. The van der Waals surface area contributed by atoms with Gasteiger partial charge in [-0.2, -0.15) is 0 Å². The first-order valence-corrected chi connectivity index (χ1v) is 12.2. The van der Waals surface area contributed by atoms with Crippen LogP contribution in [0.3, 0.4) is 0 Å². The summed E-state index contributed by atoms with van der Waals surface area (Å²) in [5, 5.41) is 4.17. The van der Waals surface area contributed by atoms with Gasteiger partial charge in [-0.1, -0.05) is 12.1 Å². The van der Waals surface area contributed by atoms with Crippen molar-refractivity contribution >= 4 is 45.0 Å². The maximum Gasteiger partial charge on any atom is 0.329 e. The molecule has 0 atom stereocenters. The molecule has 0 unspecified atom stereocenters. The van der Waals surface area contributed by atoms with Crippen LogP contribution in [0.25, 0.3) is 21.9 Å². The number of rotatable bonds is 6. The molecule has 0 fully saturated rings. The zero-order valence-corrected chi connectivity index (χ0v) is 21.3. The van der Waals surface area contributed by atoms with E-state index in [2.05, 4.69) is 15.3 Å². The van der Waals surface area contributed by atoms with Crippen LogP contribution in [0, 0.1) is 0 Å². The van der Waals surface area contributed by atoms with Crippen LogP contribution >= 0.6 is 0 Å². The summed E-state index contributed by atoms with van der Waals surface area (Å²) in [5.74, 6) is 1.70. The maximum atomic E-state index is 13.3. The van der Waals surface area contributed by atoms with E-state index < -0.39 is 0 Å². The summed E-state index contributed by atoms with van der Waals surface area (Å²) in [4.78, 5) is 36.7. The van der Waals surface area contributed by atoms with Gasteiger partial charge in [0.2, 0.25) is 5.91 Å². The van der Waals surface area contributed by atoms with Crippen molar-refractivity contribution in [3.63, 3.8) is 0 Å². The third kappa shape index (κ3) is 3.81. The molecule has 5 aromatic rings. The number of methoxy groups -OCH3 is 2. The second-order valence-electron chi connectivity index (χ2n) is 9.13. The quantitative estimate of drug-likeness (QED) is 0.372. The molecule has 0 spiro atoms. The number of imidazole rings is 1. The van der Waals surface area contributed by atoms with Gasteiger partial charge in [-0.25, -0.2) is 14.8 Å². The first kappa shape index (κ1) is 23.5. The van der Waals surface area contributed by atoms with E-state index in [9.17, 15) is 9.59 Å². The number of para-hydroxylation sites is 2. The Morgan fingerprint density at radius 2 is 1.76 bits per heavy atom. The minimum absolute atomic E-state index is 0.0160. The number of anilines is 3. The third-order valence-corrected chi connectivity index (χ3v) is 7.02. The average molecular weight is 511 g/mol. The SMILES string of the molecule is COc1cc2ncnc(Nc3ccc4c(c3)CCN4C(=O)Cn3c(=O)n(C)c4ccccc43)c2cc1OC. The summed E-state index contributed by atoms with van der Waals surface area (Å²) in [6, 6.07) is 17.0. The number of benzene rings is 3. The van der Waals surface area contributed by atoms with Crippen LogP contribution in [-0.4, -0.2) is 45.8 Å². The summed E-state index contributed by atoms with van der Waals surface area (Å²) in [6.45, 7) is 0.544. The zero-order chi connectivity index (χ0) is 26.4. The van der Waals surface area contributed by atoms with Crippen LogP contribution in [0.4, 0.5) is 17.2 Å². The molecule has 192 valence electrons. The van der Waals surface area contributed by atoms with Gasteiger partial charge in [0.1, 0.15) is 18.7 Å². The molecule has 3 heterocycles. The van der Waals surface area contributed by atoms with E-state index in [1.807, 2.05) is 54.6 Å². The molecule has 0 saturated carbocycles. The smallest absolute Gasteiger partial charge is 0.329 e. The molecule has 0 saturated heterocycles. The maximum absolute atomic E-state index is 13.3. The highest BCUT2D eigenvalue weighted by Gasteiger charge is 2.26. The van der Waals surface area contributed by atoms with Crippen LogP contribution in [0.5, 0.6) is 11.5 Å². The fourth-order valence-electron chi connectivity index (χ4n) is 5.09. The van der Waals surface area contributed by atoms with E-state index in [-0.39, 0.29) is 18.1 Å². The number of hydrogen-bond donors (Lipinski definition) is 1. The summed E-state index contributed by atoms with van der Waals surface area (Å²) < 4.78 is 13.9. The van der Waals surface area contributed by atoms with Crippen LogP contribution in [0.15, 0.2) is 65.7 Å². The topological polar surface area (TPSA) is 104 Å². The Bertz CT molecular complexity index is 1770. The Kier molecular flexibility index (Phi) is 5.71. The number of carbonyl (C=O) groups is 1. The number of hydrogen-bond acceptors (Lipinski definition) is 7. The number of carbonyl (C=O) groups excluding carboxylic acids is 1. The molecule has 2 aromatic heterocycles. The number of aryl methyl sites for hydroxylation is 1. The van der Waals surface area contributed by atoms with Crippen LogP contribution in [-0.2, 0) is 24.8 Å². The number of nitrogens with zero attached hydrogens (tertiary/aromatic N) is 5. The van der Waals surface area contributed by atoms with Crippen LogP contribution in [0.2, 0.25) is 0 Å². The van der Waals surface area contributed by atoms with Gasteiger partial charge in [0.15, 0.2) is 11.5 Å². The fraction of sp³-hybridized carbons (Fsp3) is 0.214. The number of amides is 1. The highest BCUT2D eigenvalue weighted by Crippen LogP contribution is 2.36. The molecule has 1 amide bonds. The molecule has 0 radical (unpaired) electrons. The zero-order valence-electron chi connectivity index (χ0n) is 21.3. The lowest BCUT2D eigenvalue weighted by atomic mass is 10.1. The summed E-state index contributed by atoms with van der Waals surface area (Å²) in [5.41, 5.74) is 4.82. The van der Waals surface area contributed by atoms with Crippen LogP contribution < -0.4 is 25.4 Å². The van der Waals surface area contributed by atoms with E-state index >= 15 is 0 Å². The van der Waals surface area contributed by atoms with E-state index in [1.165, 1.54) is 10.9 Å². The molecule has 3 aromatic carbocycles. The molecule has 0 bridgehead atoms. The van der Waals surface area contributed by atoms with Crippen LogP contribution in [0.1, 0.15) is 5.56 Å². The summed E-state index contributed by atoms with van der Waals surface area (Å²) >= 11 is 0. The highest BCUT2D eigenvalue weighted by molar-refractivity contribution is 5.97. The second kappa shape index (κ2) is 9.22. The fourth-order valence-corrected chi connectivity index (χ4v) is 5.09. The van der Waals surface area contributed by atoms with Gasteiger partial charge in [0.25, 0.3) is 0 Å². The molecule has 1 aliphatic heterocycles. The Morgan fingerprint density at radius 1 is 1.00 bits per heavy atom. The Balaban J connectivity index is 1.26. The Hall–Kier alpha value is -4.86. The number of fused-ring (bicyclic) bond motifs is 3. The summed E-state index contributed by atoms with van der Waals surface area (Å²) in [7, 11) is 4.90. The van der Waals surface area contributed by atoms with E-state index in [4.69, 9.17) is 9.47 Å². The monoisotopic (exact) mass is 510 g/mol. The molecule has 10 nitrogen and oxygen atoms in total. The van der Waals surface area contributed by atoms with Gasteiger partial charge < -0.3 is 19.7 Å². The van der Waals surface area contributed by atoms with Gasteiger partial charge in [-0.15, -0.1) is 0 Å². The van der Waals surface area contributed by atoms with Crippen molar-refractivity contribution in [1.82, 2.24) is 19.1 Å². The lowest BCUT2D eigenvalue weighted by molar-refractivity contribution is -0.119. The molecule has 1 aliphatic rings. The van der Waals surface area contributed by atoms with Gasteiger partial charge in [-0.3, -0.25) is 13.9 Å². The van der Waals surface area contributed by atoms with Crippen molar-refractivity contribution in [2.75, 3.05) is 31.0 Å². The van der Waals surface area contributed by atoms with Crippen molar-refractivity contribution in [2.45, 2.75) is 13.0 Å². The van der Waals surface area contributed by atoms with E-state index in [0.29, 0.717) is 23.9 Å². The highest BCUT2D eigenvalue weighted by atomic mass is 16.5. The van der Waals surface area contributed by atoms with Crippen molar-refractivity contribution in [3.8, 4) is 11.5 Å². The molecule has 10 heteroatoms. The lowest BCUT2D eigenvalue weighted by Gasteiger charge is -2.18. The third-order valence-electron chi connectivity index (χ3n) is 7.02. The largest absolute Gasteiger partial charge is 0.493 e. The number of nitrogens with one attached hydrogen (secondary N) is 1. The Labute approximate surface area is 218 Å². The van der Waals surface area contributed by atoms with Gasteiger partial charge >= 0.3 is 5.69 Å². The predicted octanol–water partition coefficient (Wildman–Crippen LogP) is 3.63. The molecule has 38 heavy (non-hydrogen) atoms. The average Bonchev–Trinajstić information content (AvgIpc) is 3.47. The van der Waals surface area contributed by atoms with Gasteiger partial charge in [0, 0.05) is 36.4 Å². The standard InChI is InChI=1S/C28H26N6O4/c1-32-22-6-4-5-7-23(22)34(28(32)36)15-26(35)33-11-10-17-12-18(8-9-21(17)33)31-27-19-13-24(37-2)25(38-3)14-20(19)29-16-30-27/h4-9,12-14,16H,10-11,15H2,1-3H3,(H,29,30,31). The molecular weight excluding hydrogens is 484 g/mol. The molecular formula is C28H26N6O4. The Morgan fingerprint density at radius 3 is 2.55 bits per heavy atom. The predicted molar refractivity (Wildman–Crippen MR) is 146 cm³/mol.